The van der Waals surface area contributed by atoms with Crippen LogP contribution in [0.15, 0.2) is 96.0 Å². The van der Waals surface area contributed by atoms with Gasteiger partial charge in [-0.15, -0.1) is 0 Å². The molecule has 2 nitrogen and oxygen atoms in total. The quantitative estimate of drug-likeness (QED) is 0.569. The molecule has 0 fully saturated rings. The lowest BCUT2D eigenvalue weighted by atomic mass is 9.83. The summed E-state index contributed by atoms with van der Waals surface area (Å²) in [5.41, 5.74) is 2.54. The first kappa shape index (κ1) is 17.8. The van der Waals surface area contributed by atoms with Crippen LogP contribution in [-0.4, -0.2) is 11.3 Å². The Kier molecular flexibility index (Phi) is 5.77. The molecule has 0 aliphatic heterocycles. The lowest BCUT2D eigenvalue weighted by molar-refractivity contribution is 0.0771. The Bertz CT molecular complexity index is 884. The van der Waals surface area contributed by atoms with Crippen LogP contribution in [0, 0.1) is 0 Å². The second-order valence-electron chi connectivity index (χ2n) is 6.14. The third-order valence-electron chi connectivity index (χ3n) is 4.50. The zero-order valence-electron chi connectivity index (χ0n) is 14.9. The molecule has 26 heavy (non-hydrogen) atoms. The van der Waals surface area contributed by atoms with Crippen molar-refractivity contribution in [3.63, 3.8) is 0 Å². The van der Waals surface area contributed by atoms with Gasteiger partial charge in [-0.25, -0.2) is 0 Å². The molecule has 3 rings (SSSR count). The topological polar surface area (TPSA) is 32.6 Å². The van der Waals surface area contributed by atoms with Gasteiger partial charge in [-0.05, 0) is 29.7 Å². The van der Waals surface area contributed by atoms with E-state index >= 15 is 0 Å². The van der Waals surface area contributed by atoms with Gasteiger partial charge in [0.25, 0.3) is 0 Å². The fourth-order valence-corrected chi connectivity index (χ4v) is 3.04. The molecule has 0 aliphatic carbocycles. The van der Waals surface area contributed by atoms with Crippen molar-refractivity contribution >= 4 is 18.0 Å². The molecule has 2 heteroatoms. The smallest absolute Gasteiger partial charge is 0.116 e. The Labute approximate surface area is 155 Å². The van der Waals surface area contributed by atoms with E-state index in [4.69, 9.17) is 0 Å². The summed E-state index contributed by atoms with van der Waals surface area (Å²) in [5.74, 6) is 0. The molecule has 130 valence electrons. The number of para-hydroxylation sites is 1. The Morgan fingerprint density at radius 3 is 2.15 bits per heavy atom. The van der Waals surface area contributed by atoms with Crippen LogP contribution in [0.25, 0.3) is 6.08 Å². The van der Waals surface area contributed by atoms with Gasteiger partial charge in [0.05, 0.1) is 5.69 Å². The van der Waals surface area contributed by atoms with Crippen molar-refractivity contribution in [3.05, 3.63) is 108 Å². The van der Waals surface area contributed by atoms with E-state index in [0.29, 0.717) is 6.42 Å². The summed E-state index contributed by atoms with van der Waals surface area (Å²) in [5, 5.41) is 11.4. The lowest BCUT2D eigenvalue weighted by Crippen LogP contribution is -2.26. The largest absolute Gasteiger partial charge is 0.380 e. The van der Waals surface area contributed by atoms with E-state index in [0.717, 1.165) is 22.4 Å². The molecular weight excluding hydrogens is 318 g/mol. The molecule has 1 atom stereocenters. The molecule has 0 heterocycles. The molecule has 1 unspecified atom stereocenters. The predicted molar refractivity (Wildman–Crippen MR) is 110 cm³/mol. The van der Waals surface area contributed by atoms with Gasteiger partial charge in [0, 0.05) is 11.8 Å². The van der Waals surface area contributed by atoms with Gasteiger partial charge >= 0.3 is 0 Å². The number of hydrogen-bond acceptors (Lipinski definition) is 2. The van der Waals surface area contributed by atoms with Crippen LogP contribution in [0.1, 0.15) is 30.0 Å². The van der Waals surface area contributed by atoms with Crippen LogP contribution < -0.4 is 0 Å². The fraction of sp³-hybridized carbons (Fsp3) is 0.125. The van der Waals surface area contributed by atoms with Gasteiger partial charge in [0.15, 0.2) is 0 Å². The van der Waals surface area contributed by atoms with Crippen molar-refractivity contribution in [1.29, 1.82) is 0 Å². The highest BCUT2D eigenvalue weighted by atomic mass is 16.3. The molecule has 1 N–H and O–H groups in total. The number of benzene rings is 3. The maximum atomic E-state index is 11.4. The molecule has 0 radical (unpaired) electrons. The minimum Gasteiger partial charge on any atom is -0.380 e. The Hall–Kier alpha value is -2.97. The molecule has 0 bridgehead atoms. The van der Waals surface area contributed by atoms with Crippen LogP contribution in [0.4, 0.5) is 5.69 Å². The lowest BCUT2D eigenvalue weighted by Gasteiger charge is -2.29. The highest BCUT2D eigenvalue weighted by Crippen LogP contribution is 2.38. The molecule has 3 aromatic carbocycles. The minimum atomic E-state index is -1.06. The van der Waals surface area contributed by atoms with Crippen LogP contribution in [0.3, 0.4) is 0 Å². The summed E-state index contributed by atoms with van der Waals surface area (Å²) in [6.45, 7) is 1.99. The van der Waals surface area contributed by atoms with Crippen molar-refractivity contribution in [2.75, 3.05) is 0 Å². The molecule has 3 aromatic rings. The van der Waals surface area contributed by atoms with Crippen molar-refractivity contribution in [3.8, 4) is 0 Å². The SMILES string of the molecule is CCC(O)(c1ccccc1)c1ccccc1N=C/C=C/c1ccccc1. The first-order chi connectivity index (χ1) is 12.7. The normalized spacial score (nSPS) is 13.9. The van der Waals surface area contributed by atoms with Crippen LogP contribution in [0.2, 0.25) is 0 Å². The summed E-state index contributed by atoms with van der Waals surface area (Å²) in [6.07, 6.45) is 6.27. The maximum Gasteiger partial charge on any atom is 0.116 e. The Morgan fingerprint density at radius 2 is 1.46 bits per heavy atom. The van der Waals surface area contributed by atoms with E-state index in [1.54, 1.807) is 6.21 Å². The summed E-state index contributed by atoms with van der Waals surface area (Å²) in [7, 11) is 0. The Balaban J connectivity index is 1.90. The first-order valence-corrected chi connectivity index (χ1v) is 8.87. The van der Waals surface area contributed by atoms with Crippen molar-refractivity contribution < 1.29 is 5.11 Å². The van der Waals surface area contributed by atoms with Gasteiger partial charge in [0.1, 0.15) is 5.60 Å². The van der Waals surface area contributed by atoms with E-state index in [9.17, 15) is 5.11 Å². The molecule has 0 saturated heterocycles. The number of aliphatic imine (C=N–C) groups is 1. The summed E-state index contributed by atoms with van der Waals surface area (Å²) in [4.78, 5) is 4.59. The van der Waals surface area contributed by atoms with E-state index in [1.807, 2.05) is 104 Å². The summed E-state index contributed by atoms with van der Waals surface area (Å²) in [6, 6.07) is 27.6. The minimum absolute atomic E-state index is 0.573. The third kappa shape index (κ3) is 3.98. The number of rotatable bonds is 6. The fourth-order valence-electron chi connectivity index (χ4n) is 3.04. The van der Waals surface area contributed by atoms with E-state index in [-0.39, 0.29) is 0 Å². The number of hydrogen-bond donors (Lipinski definition) is 1. The number of aliphatic hydroxyl groups is 1. The zero-order valence-corrected chi connectivity index (χ0v) is 14.9. The van der Waals surface area contributed by atoms with Crippen molar-refractivity contribution in [1.82, 2.24) is 0 Å². The third-order valence-corrected chi connectivity index (χ3v) is 4.50. The second kappa shape index (κ2) is 8.41. The monoisotopic (exact) mass is 341 g/mol. The molecule has 0 aliphatic rings. The second-order valence-corrected chi connectivity index (χ2v) is 6.14. The van der Waals surface area contributed by atoms with E-state index in [1.165, 1.54) is 0 Å². The average Bonchev–Trinajstić information content (AvgIpc) is 2.72. The molecule has 0 saturated carbocycles. The number of nitrogens with zero attached hydrogens (tertiary/aromatic N) is 1. The zero-order chi connectivity index (χ0) is 18.2. The van der Waals surface area contributed by atoms with Crippen LogP contribution >= 0.6 is 0 Å². The molecular formula is C24H23NO. The summed E-state index contributed by atoms with van der Waals surface area (Å²) < 4.78 is 0. The first-order valence-electron chi connectivity index (χ1n) is 8.87. The van der Waals surface area contributed by atoms with Crippen molar-refractivity contribution in [2.45, 2.75) is 18.9 Å². The van der Waals surface area contributed by atoms with E-state index in [2.05, 4.69) is 4.99 Å². The van der Waals surface area contributed by atoms with Crippen LogP contribution in [0.5, 0.6) is 0 Å². The van der Waals surface area contributed by atoms with Crippen LogP contribution in [-0.2, 0) is 5.60 Å². The van der Waals surface area contributed by atoms with Gasteiger partial charge in [-0.3, -0.25) is 4.99 Å². The summed E-state index contributed by atoms with van der Waals surface area (Å²) >= 11 is 0. The van der Waals surface area contributed by atoms with Gasteiger partial charge < -0.3 is 5.11 Å². The highest BCUT2D eigenvalue weighted by molar-refractivity contribution is 5.81. The average molecular weight is 341 g/mol. The van der Waals surface area contributed by atoms with Gasteiger partial charge in [-0.2, -0.15) is 0 Å². The number of allylic oxidation sites excluding steroid dienone is 1. The van der Waals surface area contributed by atoms with Gasteiger partial charge in [-0.1, -0.05) is 91.9 Å². The Morgan fingerprint density at radius 1 is 0.846 bits per heavy atom. The van der Waals surface area contributed by atoms with E-state index < -0.39 is 5.60 Å². The molecule has 0 aromatic heterocycles. The highest BCUT2D eigenvalue weighted by Gasteiger charge is 2.31. The maximum absolute atomic E-state index is 11.4. The standard InChI is InChI=1S/C24H23NO/c1-2-24(26,21-15-7-4-8-16-21)22-17-9-10-18-23(22)25-19-11-14-20-12-5-3-6-13-20/h3-19,26H,2H2,1H3/b14-11+,25-19?. The molecule has 0 spiro atoms. The van der Waals surface area contributed by atoms with Gasteiger partial charge in [0.2, 0.25) is 0 Å². The van der Waals surface area contributed by atoms with Crippen molar-refractivity contribution in [2.24, 2.45) is 4.99 Å². The molecule has 0 amide bonds. The predicted octanol–water partition coefficient (Wildman–Crippen LogP) is 5.75.